The molecule has 0 spiro atoms. The molecule has 0 fully saturated rings. The summed E-state index contributed by atoms with van der Waals surface area (Å²) in [6.07, 6.45) is 5.64. The van der Waals surface area contributed by atoms with Gasteiger partial charge in [-0.25, -0.2) is 0 Å². The average Bonchev–Trinajstić information content (AvgIpc) is 2.14. The Morgan fingerprint density at radius 1 is 1.78 bits per heavy atom. The largest absolute Gasteiger partial charge is 0.442 e. The molecule has 0 unspecified atom stereocenters. The topological polar surface area (TPSA) is 17.8 Å². The molecule has 0 aliphatic heterocycles. The molecule has 0 aliphatic carbocycles. The van der Waals surface area contributed by atoms with Crippen molar-refractivity contribution in [3.63, 3.8) is 0 Å². The van der Waals surface area contributed by atoms with E-state index in [1.165, 1.54) is 0 Å². The summed E-state index contributed by atoms with van der Waals surface area (Å²) in [6.45, 7) is 2.09. The molecule has 0 atom stereocenters. The molecule has 1 heterocycles. The first-order chi connectivity index (χ1) is 3.84. The van der Waals surface area contributed by atoms with Gasteiger partial charge in [0.1, 0.15) is 0 Å². The predicted octanol–water partition coefficient (Wildman–Crippen LogP) is 0.780. The van der Waals surface area contributed by atoms with Crippen molar-refractivity contribution in [2.75, 3.05) is 0 Å². The maximum absolute atomic E-state index is 3.83. The molecule has 3 heteroatoms. The van der Waals surface area contributed by atoms with Gasteiger partial charge in [-0.15, -0.1) is 6.20 Å². The van der Waals surface area contributed by atoms with Gasteiger partial charge in [0.05, 0.1) is 0 Å². The Bertz CT molecular complexity index is 171. The van der Waals surface area contributed by atoms with E-state index in [0.29, 0.717) is 0 Å². The van der Waals surface area contributed by atoms with Gasteiger partial charge in [-0.05, 0) is 13.5 Å². The minimum Gasteiger partial charge on any atom is -0.442 e. The van der Waals surface area contributed by atoms with Crippen LogP contribution in [0.15, 0.2) is 6.33 Å². The Hall–Kier alpha value is 0.314. The van der Waals surface area contributed by atoms with Crippen molar-refractivity contribution in [3.8, 4) is 0 Å². The monoisotopic (exact) mass is 198 g/mol. The van der Waals surface area contributed by atoms with Gasteiger partial charge < -0.3 is 9.55 Å². The summed E-state index contributed by atoms with van der Waals surface area (Å²) >= 11 is 0. The summed E-state index contributed by atoms with van der Waals surface area (Å²) in [5.41, 5.74) is 1.16. The van der Waals surface area contributed by atoms with Gasteiger partial charge in [-0.1, -0.05) is 18.9 Å². The Kier molecular flexibility index (Phi) is 4.33. The fraction of sp³-hybridized carbons (Fsp3) is 0.500. The van der Waals surface area contributed by atoms with Crippen molar-refractivity contribution in [3.05, 3.63) is 18.2 Å². The van der Waals surface area contributed by atoms with Crippen LogP contribution in [0.2, 0.25) is 0 Å². The molecule has 0 amide bonds. The molecule has 9 heavy (non-hydrogen) atoms. The van der Waals surface area contributed by atoms with Gasteiger partial charge >= 0.3 is 0 Å². The average molecular weight is 198 g/mol. The van der Waals surface area contributed by atoms with Crippen LogP contribution >= 0.6 is 0 Å². The van der Waals surface area contributed by atoms with Crippen LogP contribution in [0.5, 0.6) is 0 Å². The van der Waals surface area contributed by atoms with E-state index >= 15 is 0 Å². The molecular weight excluding hydrogens is 189 g/mol. The van der Waals surface area contributed by atoms with Gasteiger partial charge in [0.15, 0.2) is 0 Å². The third-order valence-corrected chi connectivity index (χ3v) is 1.19. The van der Waals surface area contributed by atoms with Crippen LogP contribution in [0, 0.1) is 6.20 Å². The fourth-order valence-corrected chi connectivity index (χ4v) is 0.667. The van der Waals surface area contributed by atoms with E-state index in [-0.39, 0.29) is 32.7 Å². The number of hydrogen-bond donors (Lipinski definition) is 0. The molecular formula is C6H9N2Y-. The van der Waals surface area contributed by atoms with Crippen molar-refractivity contribution >= 4 is 0 Å². The number of aryl methyl sites for hydroxylation is 2. The Balaban J connectivity index is 0.000000640. The summed E-state index contributed by atoms with van der Waals surface area (Å²) in [5, 5.41) is 0. The van der Waals surface area contributed by atoms with E-state index in [4.69, 9.17) is 0 Å². The molecule has 0 aromatic carbocycles. The fourth-order valence-electron chi connectivity index (χ4n) is 0.667. The molecule has 1 aromatic heterocycles. The third-order valence-electron chi connectivity index (χ3n) is 1.19. The van der Waals surface area contributed by atoms with Gasteiger partial charge in [0.25, 0.3) is 0 Å². The smallest absolute Gasteiger partial charge is 0 e. The van der Waals surface area contributed by atoms with Gasteiger partial charge in [-0.2, -0.15) is 0 Å². The minimum atomic E-state index is 0. The SMILES string of the molecule is CCc1[c-]ncn1C.[Y]. The van der Waals surface area contributed by atoms with Crippen molar-refractivity contribution in [2.24, 2.45) is 7.05 Å². The van der Waals surface area contributed by atoms with E-state index in [9.17, 15) is 0 Å². The number of nitrogens with zero attached hydrogens (tertiary/aromatic N) is 2. The van der Waals surface area contributed by atoms with Gasteiger partial charge in [-0.3, -0.25) is 0 Å². The van der Waals surface area contributed by atoms with E-state index in [0.717, 1.165) is 12.1 Å². The van der Waals surface area contributed by atoms with Gasteiger partial charge in [0, 0.05) is 32.7 Å². The maximum Gasteiger partial charge on any atom is 0 e. The zero-order valence-corrected chi connectivity index (χ0v) is 8.59. The van der Waals surface area contributed by atoms with Crippen molar-refractivity contribution in [1.29, 1.82) is 0 Å². The minimum absolute atomic E-state index is 0. The first kappa shape index (κ1) is 9.31. The summed E-state index contributed by atoms with van der Waals surface area (Å²) in [5.74, 6) is 0. The normalized spacial score (nSPS) is 8.67. The third kappa shape index (κ3) is 2.19. The van der Waals surface area contributed by atoms with Crippen LogP contribution in [0.4, 0.5) is 0 Å². The molecule has 2 nitrogen and oxygen atoms in total. The number of imidazole rings is 1. The van der Waals surface area contributed by atoms with Crippen LogP contribution in [0.1, 0.15) is 12.6 Å². The Morgan fingerprint density at radius 2 is 2.44 bits per heavy atom. The first-order valence-corrected chi connectivity index (χ1v) is 2.72. The van der Waals surface area contributed by atoms with Crippen LogP contribution in [0.25, 0.3) is 0 Å². The summed E-state index contributed by atoms with van der Waals surface area (Å²) in [7, 11) is 1.97. The molecule has 1 aromatic rings. The Morgan fingerprint density at radius 3 is 2.67 bits per heavy atom. The number of hydrogen-bond acceptors (Lipinski definition) is 1. The van der Waals surface area contributed by atoms with Crippen molar-refractivity contribution in [1.82, 2.24) is 9.55 Å². The molecule has 1 rings (SSSR count). The number of aromatic nitrogens is 2. The standard InChI is InChI=1S/C6H9N2.Y/c1-3-6-4-7-5-8(6)2;/h5H,3H2,1-2H3;/q-1;. The molecule has 1 radical (unpaired) electrons. The molecule has 0 bridgehead atoms. The quantitative estimate of drug-likeness (QED) is 0.609. The number of rotatable bonds is 1. The van der Waals surface area contributed by atoms with E-state index in [1.807, 2.05) is 11.6 Å². The molecule has 0 N–H and O–H groups in total. The van der Waals surface area contributed by atoms with E-state index < -0.39 is 0 Å². The predicted molar refractivity (Wildman–Crippen MR) is 31.4 cm³/mol. The van der Waals surface area contributed by atoms with Gasteiger partial charge in [0.2, 0.25) is 0 Å². The van der Waals surface area contributed by atoms with Crippen LogP contribution < -0.4 is 0 Å². The van der Waals surface area contributed by atoms with Crippen molar-refractivity contribution < 1.29 is 32.7 Å². The van der Waals surface area contributed by atoms with E-state index in [2.05, 4.69) is 18.1 Å². The van der Waals surface area contributed by atoms with Crippen LogP contribution in [-0.2, 0) is 46.2 Å². The second-order valence-electron chi connectivity index (χ2n) is 1.77. The zero-order chi connectivity index (χ0) is 5.98. The summed E-state index contributed by atoms with van der Waals surface area (Å²) in [6, 6.07) is 0. The van der Waals surface area contributed by atoms with Crippen LogP contribution in [0.3, 0.4) is 0 Å². The second-order valence-corrected chi connectivity index (χ2v) is 1.77. The Labute approximate surface area is 80.5 Å². The molecule has 0 aliphatic rings. The van der Waals surface area contributed by atoms with Crippen LogP contribution in [-0.4, -0.2) is 9.55 Å². The molecule has 47 valence electrons. The van der Waals surface area contributed by atoms with Crippen molar-refractivity contribution in [2.45, 2.75) is 13.3 Å². The summed E-state index contributed by atoms with van der Waals surface area (Å²) in [4.78, 5) is 3.83. The summed E-state index contributed by atoms with van der Waals surface area (Å²) < 4.78 is 1.97. The zero-order valence-electron chi connectivity index (χ0n) is 5.76. The maximum atomic E-state index is 3.83. The second kappa shape index (κ2) is 4.18. The first-order valence-electron chi connectivity index (χ1n) is 2.72. The van der Waals surface area contributed by atoms with E-state index in [1.54, 1.807) is 6.33 Å². The molecule has 0 saturated heterocycles. The molecule has 0 saturated carbocycles.